The van der Waals surface area contributed by atoms with Gasteiger partial charge in [0, 0.05) is 4.28 Å². The average Bonchev–Trinajstić information content (AvgIpc) is 1.00. The zero-order valence-corrected chi connectivity index (χ0v) is 3.00. The summed E-state index contributed by atoms with van der Waals surface area (Å²) in [6.45, 7) is 4.00. The molecule has 0 aromatic heterocycles. The van der Waals surface area contributed by atoms with E-state index in [1.165, 1.54) is 0 Å². The topological polar surface area (TPSA) is 0 Å². The van der Waals surface area contributed by atoms with Crippen molar-refractivity contribution in [2.75, 3.05) is 0 Å². The molecule has 0 radical (unpaired) electrons. The average molecular weight is 74.1 g/mol. The number of hydrogen-bond donors (Lipinski definition) is 0. The third kappa shape index (κ3) is 11.1. The van der Waals surface area contributed by atoms with Gasteiger partial charge < -0.3 is 1.43 Å². The minimum absolute atomic E-state index is 0. The third-order valence-electron chi connectivity index (χ3n) is 0. The Kier molecular flexibility index (Phi) is 153. The summed E-state index contributed by atoms with van der Waals surface area (Å²) in [5.74, 6) is 0. The van der Waals surface area contributed by atoms with Crippen molar-refractivity contribution in [1.29, 1.82) is 0 Å². The van der Waals surface area contributed by atoms with Gasteiger partial charge in [-0.05, 0) is 0 Å². The van der Waals surface area contributed by atoms with Crippen molar-refractivity contribution >= 4 is 17.4 Å². The number of hydrogen-bond acceptors (Lipinski definition) is 0. The van der Waals surface area contributed by atoms with Gasteiger partial charge in [-0.1, -0.05) is 13.8 Å². The van der Waals surface area contributed by atoms with E-state index in [1.807, 2.05) is 13.8 Å². The van der Waals surface area contributed by atoms with Crippen molar-refractivity contribution in [3.8, 4) is 0 Å². The molecule has 0 heterocycles. The van der Waals surface area contributed by atoms with Crippen LogP contribution < -0.4 is 18.9 Å². The van der Waals surface area contributed by atoms with Crippen LogP contribution in [0, 0.1) is 0 Å². The Bertz CT molecular complexity index is 14.0. The maximum absolute atomic E-state index is 2.00. The molecule has 0 fully saturated rings. The van der Waals surface area contributed by atoms with Crippen LogP contribution in [0.25, 0.3) is 0 Å². The Labute approximate surface area is 56.2 Å². The van der Waals surface area contributed by atoms with Crippen LogP contribution in [0.2, 0.25) is 0 Å². The van der Waals surface area contributed by atoms with Gasteiger partial charge >= 0.3 is 18.9 Å². The second-order valence-corrected chi connectivity index (χ2v) is 0. The van der Waals surface area contributed by atoms with Gasteiger partial charge in [-0.25, -0.2) is 0 Å². The summed E-state index contributed by atoms with van der Waals surface area (Å²) in [5.41, 5.74) is 0. The van der Waals surface area contributed by atoms with Gasteiger partial charge in [0.15, 0.2) is 17.4 Å². The van der Waals surface area contributed by atoms with Gasteiger partial charge in [-0.3, -0.25) is 0 Å². The molecule has 0 N–H and O–H groups in total. The fraction of sp³-hybridized carbons (Fsp3) is 1.00. The third-order valence-corrected chi connectivity index (χ3v) is 0. The molecule has 0 aromatic carbocycles. The van der Waals surface area contributed by atoms with Crippen LogP contribution in [0.5, 0.6) is 0 Å². The van der Waals surface area contributed by atoms with E-state index in [4.69, 9.17) is 0 Å². The first-order valence-corrected chi connectivity index (χ1v) is 1.00. The Hall–Kier alpha value is 1.13. The molecule has 0 aliphatic heterocycles. The molecule has 0 bridgehead atoms. The molecule has 0 aromatic rings. The Balaban J connectivity index is -0.000000000333. The van der Waals surface area contributed by atoms with Gasteiger partial charge in [0.1, 0.15) is 0 Å². The van der Waals surface area contributed by atoms with Crippen molar-refractivity contribution < 1.29 is 24.6 Å². The zero-order valence-electron chi connectivity index (χ0n) is 4.00. The molecule has 0 spiro atoms. The molecule has 4 heavy (non-hydrogen) atoms. The summed E-state index contributed by atoms with van der Waals surface area (Å²) in [6, 6.07) is 0. The van der Waals surface area contributed by atoms with E-state index in [9.17, 15) is 0 Å². The molecule has 0 aliphatic rings. The van der Waals surface area contributed by atoms with E-state index in [2.05, 4.69) is 0 Å². The van der Waals surface area contributed by atoms with Crippen molar-refractivity contribution in [2.45, 2.75) is 13.8 Å². The van der Waals surface area contributed by atoms with E-state index in [0.29, 0.717) is 0 Å². The molecule has 0 saturated heterocycles. The molecule has 0 nitrogen and oxygen atoms in total. The minimum atomic E-state index is 0. The van der Waals surface area contributed by atoms with Gasteiger partial charge in [-0.15, -0.1) is 0 Å². The van der Waals surface area contributed by atoms with Crippen LogP contribution in [0.3, 0.4) is 0 Å². The van der Waals surface area contributed by atoms with E-state index in [1.54, 1.807) is 0 Å². The number of rotatable bonds is 0. The zero-order chi connectivity index (χ0) is 2.00. The summed E-state index contributed by atoms with van der Waals surface area (Å²) in [7, 11) is 0. The molecule has 0 amide bonds. The molecule has 0 unspecified atom stereocenters. The summed E-state index contributed by atoms with van der Waals surface area (Å²) in [5, 5.41) is 0. The van der Waals surface area contributed by atoms with Crippen molar-refractivity contribution in [1.82, 2.24) is 0 Å². The first-order valence-electron chi connectivity index (χ1n) is 1.00. The summed E-state index contributed by atoms with van der Waals surface area (Å²) in [4.78, 5) is 0. The van der Waals surface area contributed by atoms with Gasteiger partial charge in [-0.2, -0.15) is 0 Å². The Morgan fingerprint density at radius 3 is 1.50 bits per heavy atom. The van der Waals surface area contributed by atoms with Gasteiger partial charge in [0.25, 0.3) is 0 Å². The monoisotopic (exact) mass is 74.1 g/mol. The second-order valence-electron chi connectivity index (χ2n) is 0. The first-order chi connectivity index (χ1) is 1.00. The predicted octanol–water partition coefficient (Wildman–Crippen LogP) is -2.30. The smallest absolute Gasteiger partial charge is 1.00 e. The van der Waals surface area contributed by atoms with Crippen LogP contribution in [0.4, 0.5) is 0 Å². The molecule has 2 heteroatoms. The molecule has 0 aliphatic carbocycles. The van der Waals surface area contributed by atoms with E-state index in [0.717, 1.165) is 0 Å². The van der Waals surface area contributed by atoms with E-state index < -0.39 is 0 Å². The molecular weight excluding hydrogens is 57.9 g/mol. The van der Waals surface area contributed by atoms with Crippen LogP contribution in [-0.4, -0.2) is 17.4 Å². The molecule has 0 atom stereocenters. The van der Waals surface area contributed by atoms with Gasteiger partial charge in [0.2, 0.25) is 0 Å². The first kappa shape index (κ1) is 19.3. The normalized spacial score (nSPS) is 1.50. The minimum Gasteiger partial charge on any atom is -1.00 e. The molecular formula is C2H16AlLi. The predicted molar refractivity (Wildman–Crippen MR) is 28.7 cm³/mol. The quantitative estimate of drug-likeness (QED) is 0.283. The molecule has 0 saturated carbocycles. The molecule has 0 rings (SSSR count). The summed E-state index contributed by atoms with van der Waals surface area (Å²) in [6.07, 6.45) is 0. The largest absolute Gasteiger partial charge is 1.00 e. The van der Waals surface area contributed by atoms with Gasteiger partial charge in [0.05, 0.1) is 0 Å². The van der Waals surface area contributed by atoms with Crippen molar-refractivity contribution in [3.05, 3.63) is 0 Å². The second kappa shape index (κ2) is 31.7. The summed E-state index contributed by atoms with van der Waals surface area (Å²) >= 11 is 0. The Morgan fingerprint density at radius 1 is 1.50 bits per heavy atom. The van der Waals surface area contributed by atoms with Crippen molar-refractivity contribution in [2.24, 2.45) is 0 Å². The maximum atomic E-state index is 2.00. The summed E-state index contributed by atoms with van der Waals surface area (Å²) < 4.78 is 0. The molecule has 28 valence electrons. The maximum Gasteiger partial charge on any atom is 1.00 e. The SMILES string of the molecule is CC.[AlH3].[H-].[HH].[HH].[HH].[Li+]. The fourth-order valence-electron chi connectivity index (χ4n) is 0. The Morgan fingerprint density at radius 2 is 1.50 bits per heavy atom. The van der Waals surface area contributed by atoms with Crippen LogP contribution in [0.15, 0.2) is 0 Å². The fourth-order valence-corrected chi connectivity index (χ4v) is 0. The van der Waals surface area contributed by atoms with E-state index in [-0.39, 0.29) is 41.9 Å². The van der Waals surface area contributed by atoms with E-state index >= 15 is 0 Å². The van der Waals surface area contributed by atoms with Crippen LogP contribution in [0.1, 0.15) is 19.6 Å². The van der Waals surface area contributed by atoms with Crippen molar-refractivity contribution in [3.63, 3.8) is 0 Å². The standard InChI is InChI=1S/C2H6.Al.Li.3H2.4H/c1-2;;;;;;;;;/h1-2H3;;;3*1H;;;;/q;;+1;;;;;;;-1. The van der Waals surface area contributed by atoms with Crippen LogP contribution in [-0.2, 0) is 0 Å². The van der Waals surface area contributed by atoms with Crippen LogP contribution >= 0.6 is 0 Å².